The smallest absolute Gasteiger partial charge is 0.248 e. The van der Waals surface area contributed by atoms with E-state index < -0.39 is 21.6 Å². The van der Waals surface area contributed by atoms with E-state index in [1.807, 2.05) is 0 Å². The van der Waals surface area contributed by atoms with Crippen LogP contribution in [0, 0.1) is 11.5 Å². The van der Waals surface area contributed by atoms with Gasteiger partial charge in [-0.3, -0.25) is 9.78 Å². The molecule has 0 aliphatic heterocycles. The molecule has 0 spiro atoms. The number of aliphatic imine (C=N–C) groups is 1. The molecule has 0 radical (unpaired) electrons. The van der Waals surface area contributed by atoms with Gasteiger partial charge in [-0.1, -0.05) is 0 Å². The van der Waals surface area contributed by atoms with Crippen LogP contribution in [0.5, 0.6) is 0 Å². The monoisotopic (exact) mass is 358 g/mol. The first-order chi connectivity index (χ1) is 11.8. The fraction of sp³-hybridized carbons (Fsp3) is 0.0667. The number of pyridine rings is 1. The number of sulfone groups is 1. The van der Waals surface area contributed by atoms with Crippen molar-refractivity contribution in [3.63, 3.8) is 0 Å². The van der Waals surface area contributed by atoms with E-state index in [9.17, 15) is 18.5 Å². The standard InChI is InChI=1S/C15H14N6O3S/c16-9-21(15(18)20-12-5-7-19-8-6-12)10-25(23,24)13-3-1-11(2-4-13)14(17)22/h1-8H,10H2,(H2,17,22)(H2,18,19,20). The van der Waals surface area contributed by atoms with Gasteiger partial charge in [-0.2, -0.15) is 5.26 Å². The maximum absolute atomic E-state index is 12.4. The Bertz CT molecular complexity index is 933. The number of hydrogen-bond donors (Lipinski definition) is 2. The number of guanidine groups is 1. The third-order valence-corrected chi connectivity index (χ3v) is 4.69. The summed E-state index contributed by atoms with van der Waals surface area (Å²) in [6.45, 7) is 0. The Labute approximate surface area is 144 Å². The second-order valence-electron chi connectivity index (χ2n) is 4.84. The molecule has 0 saturated heterocycles. The van der Waals surface area contributed by atoms with E-state index in [-0.39, 0.29) is 16.4 Å². The van der Waals surface area contributed by atoms with Crippen LogP contribution < -0.4 is 11.5 Å². The molecule has 0 aliphatic carbocycles. The summed E-state index contributed by atoms with van der Waals surface area (Å²) in [4.78, 5) is 19.5. The Hall–Kier alpha value is -3.45. The number of nitrogens with two attached hydrogens (primary N) is 2. The molecule has 9 nitrogen and oxygen atoms in total. The topological polar surface area (TPSA) is 156 Å². The van der Waals surface area contributed by atoms with Crippen molar-refractivity contribution < 1.29 is 13.2 Å². The molecule has 2 aromatic rings. The van der Waals surface area contributed by atoms with Crippen LogP contribution in [0.15, 0.2) is 58.7 Å². The van der Waals surface area contributed by atoms with E-state index in [4.69, 9.17) is 11.5 Å². The predicted octanol–water partition coefficient (Wildman–Crippen LogP) is 0.341. The number of benzene rings is 1. The van der Waals surface area contributed by atoms with Crippen molar-refractivity contribution in [1.29, 1.82) is 5.26 Å². The fourth-order valence-corrected chi connectivity index (χ4v) is 3.06. The molecular formula is C15H14N6O3S. The van der Waals surface area contributed by atoms with Crippen molar-refractivity contribution >= 4 is 27.4 Å². The van der Waals surface area contributed by atoms with Gasteiger partial charge in [0.15, 0.2) is 16.0 Å². The highest BCUT2D eigenvalue weighted by Crippen LogP contribution is 2.14. The zero-order valence-corrected chi connectivity index (χ0v) is 13.7. The zero-order chi connectivity index (χ0) is 18.4. The lowest BCUT2D eigenvalue weighted by molar-refractivity contribution is 0.1000. The maximum atomic E-state index is 12.4. The predicted molar refractivity (Wildman–Crippen MR) is 90.0 cm³/mol. The van der Waals surface area contributed by atoms with Crippen molar-refractivity contribution in [1.82, 2.24) is 9.88 Å². The van der Waals surface area contributed by atoms with Gasteiger partial charge >= 0.3 is 0 Å². The lowest BCUT2D eigenvalue weighted by Crippen LogP contribution is -2.37. The number of nitrogens with zero attached hydrogens (tertiary/aromatic N) is 4. The molecule has 128 valence electrons. The van der Waals surface area contributed by atoms with E-state index in [2.05, 4.69) is 9.98 Å². The number of nitriles is 1. The van der Waals surface area contributed by atoms with E-state index in [0.29, 0.717) is 5.69 Å². The number of rotatable bonds is 5. The average molecular weight is 358 g/mol. The first-order valence-corrected chi connectivity index (χ1v) is 8.53. The zero-order valence-electron chi connectivity index (χ0n) is 12.9. The molecule has 1 aromatic carbocycles. The summed E-state index contributed by atoms with van der Waals surface area (Å²) in [6, 6.07) is 8.17. The lowest BCUT2D eigenvalue weighted by atomic mass is 10.2. The summed E-state index contributed by atoms with van der Waals surface area (Å²) in [7, 11) is -3.87. The number of amides is 1. The molecule has 0 unspecified atom stereocenters. The minimum absolute atomic E-state index is 0.0746. The molecule has 0 bridgehead atoms. The van der Waals surface area contributed by atoms with Gasteiger partial charge in [-0.15, -0.1) is 0 Å². The van der Waals surface area contributed by atoms with Crippen LogP contribution in [0.1, 0.15) is 10.4 Å². The Morgan fingerprint density at radius 3 is 2.28 bits per heavy atom. The Morgan fingerprint density at radius 2 is 1.76 bits per heavy atom. The summed E-state index contributed by atoms with van der Waals surface area (Å²) >= 11 is 0. The molecule has 1 amide bonds. The first kappa shape index (κ1) is 17.9. The summed E-state index contributed by atoms with van der Waals surface area (Å²) in [5, 5.41) is 9.18. The van der Waals surface area contributed by atoms with Crippen molar-refractivity contribution in [3.8, 4) is 6.19 Å². The molecular weight excluding hydrogens is 344 g/mol. The molecule has 0 saturated carbocycles. The summed E-state index contributed by atoms with van der Waals surface area (Å²) < 4.78 is 24.8. The molecule has 25 heavy (non-hydrogen) atoms. The quantitative estimate of drug-likeness (QED) is 0.338. The number of aromatic nitrogens is 1. The van der Waals surface area contributed by atoms with Crippen LogP contribution in [0.3, 0.4) is 0 Å². The number of carbonyl (C=O) groups is 1. The van der Waals surface area contributed by atoms with E-state index in [0.717, 1.165) is 4.90 Å². The summed E-state index contributed by atoms with van der Waals surface area (Å²) in [6.07, 6.45) is 4.66. The van der Waals surface area contributed by atoms with Gasteiger partial charge in [0.05, 0.1) is 10.6 Å². The van der Waals surface area contributed by atoms with Crippen molar-refractivity contribution in [2.24, 2.45) is 16.5 Å². The van der Waals surface area contributed by atoms with E-state index in [1.165, 1.54) is 36.7 Å². The van der Waals surface area contributed by atoms with Gasteiger partial charge in [0.1, 0.15) is 5.88 Å². The minimum Gasteiger partial charge on any atom is -0.369 e. The molecule has 4 N–H and O–H groups in total. The van der Waals surface area contributed by atoms with Crippen LogP contribution in [-0.2, 0) is 9.84 Å². The Kier molecular flexibility index (Phi) is 5.31. The molecule has 1 heterocycles. The second-order valence-corrected chi connectivity index (χ2v) is 6.80. The molecule has 10 heteroatoms. The normalized spacial score (nSPS) is 11.6. The first-order valence-electron chi connectivity index (χ1n) is 6.87. The van der Waals surface area contributed by atoms with Gasteiger partial charge in [0.2, 0.25) is 11.9 Å². The highest BCUT2D eigenvalue weighted by Gasteiger charge is 2.21. The largest absolute Gasteiger partial charge is 0.369 e. The van der Waals surface area contributed by atoms with Crippen LogP contribution in [0.4, 0.5) is 5.69 Å². The van der Waals surface area contributed by atoms with Crippen LogP contribution in [-0.4, -0.2) is 36.0 Å². The van der Waals surface area contributed by atoms with Crippen molar-refractivity contribution in [3.05, 3.63) is 54.4 Å². The number of hydrogen-bond acceptors (Lipinski definition) is 6. The minimum atomic E-state index is -3.87. The van der Waals surface area contributed by atoms with Gasteiger partial charge in [0, 0.05) is 18.0 Å². The number of primary amides is 1. The summed E-state index contributed by atoms with van der Waals surface area (Å²) in [5.74, 6) is -1.64. The van der Waals surface area contributed by atoms with E-state index >= 15 is 0 Å². The SMILES string of the molecule is N#CN(CS(=O)(=O)c1ccc(C(N)=O)cc1)C(N)=Nc1ccncc1. The number of carbonyl (C=O) groups excluding carboxylic acids is 1. The third kappa shape index (κ3) is 4.52. The van der Waals surface area contributed by atoms with E-state index in [1.54, 1.807) is 18.3 Å². The highest BCUT2D eigenvalue weighted by atomic mass is 32.2. The molecule has 0 atom stereocenters. The maximum Gasteiger partial charge on any atom is 0.248 e. The summed E-state index contributed by atoms with van der Waals surface area (Å²) in [5.41, 5.74) is 11.4. The van der Waals surface area contributed by atoms with Crippen LogP contribution >= 0.6 is 0 Å². The van der Waals surface area contributed by atoms with Crippen molar-refractivity contribution in [2.45, 2.75) is 4.90 Å². The Morgan fingerprint density at radius 1 is 1.16 bits per heavy atom. The van der Waals surface area contributed by atoms with Gasteiger partial charge in [-0.25, -0.2) is 18.3 Å². The molecule has 0 fully saturated rings. The highest BCUT2D eigenvalue weighted by molar-refractivity contribution is 7.91. The van der Waals surface area contributed by atoms with Gasteiger partial charge in [-0.05, 0) is 36.4 Å². The van der Waals surface area contributed by atoms with Crippen LogP contribution in [0.2, 0.25) is 0 Å². The van der Waals surface area contributed by atoms with Gasteiger partial charge in [0.25, 0.3) is 0 Å². The van der Waals surface area contributed by atoms with Crippen molar-refractivity contribution in [2.75, 3.05) is 5.88 Å². The third-order valence-electron chi connectivity index (χ3n) is 3.10. The average Bonchev–Trinajstić information content (AvgIpc) is 2.60. The lowest BCUT2D eigenvalue weighted by Gasteiger charge is -2.14. The van der Waals surface area contributed by atoms with Gasteiger partial charge < -0.3 is 11.5 Å². The molecule has 1 aromatic heterocycles. The molecule has 2 rings (SSSR count). The van der Waals surface area contributed by atoms with Crippen LogP contribution in [0.25, 0.3) is 0 Å². The molecule has 0 aliphatic rings. The second kappa shape index (κ2) is 7.41. The Balaban J connectivity index is 2.23. The fourth-order valence-electron chi connectivity index (χ4n) is 1.83.